The Morgan fingerprint density at radius 1 is 0.355 bits per heavy atom. The van der Waals surface area contributed by atoms with Gasteiger partial charge in [0.05, 0.1) is 16.3 Å². The van der Waals surface area contributed by atoms with Crippen LogP contribution < -0.4 is 21.2 Å². The number of aryl methyl sites for hydroxylation is 4. The van der Waals surface area contributed by atoms with Crippen LogP contribution in [-0.2, 0) is 4.31 Å². The third-order valence-corrected chi connectivity index (χ3v) is 9.61. The monoisotopic (exact) mass is 442 g/mol. The number of rotatable bonds is 6. The SMILES string of the molecule is Cc1ccc(P(OP(c2ccc(C)cc2)c2ccc(C)cc2)c2ccc(C)cc2)cc1. The molecule has 0 aliphatic heterocycles. The summed E-state index contributed by atoms with van der Waals surface area (Å²) in [6.07, 6.45) is 0. The molecule has 0 amide bonds. The highest BCUT2D eigenvalue weighted by atomic mass is 31.2. The Morgan fingerprint density at radius 3 is 0.742 bits per heavy atom. The molecule has 0 radical (unpaired) electrons. The molecule has 0 saturated heterocycles. The van der Waals surface area contributed by atoms with Crippen LogP contribution >= 0.6 is 16.3 Å². The van der Waals surface area contributed by atoms with E-state index in [1.54, 1.807) is 0 Å². The van der Waals surface area contributed by atoms with E-state index in [1.807, 2.05) is 0 Å². The molecule has 1 nitrogen and oxygen atoms in total. The predicted octanol–water partition coefficient (Wildman–Crippen LogP) is 6.33. The van der Waals surface area contributed by atoms with Crippen LogP contribution in [0.3, 0.4) is 0 Å². The van der Waals surface area contributed by atoms with Crippen molar-refractivity contribution in [1.82, 2.24) is 0 Å². The first-order valence-corrected chi connectivity index (χ1v) is 13.1. The summed E-state index contributed by atoms with van der Waals surface area (Å²) in [7, 11) is -1.90. The number of benzene rings is 4. The van der Waals surface area contributed by atoms with E-state index in [-0.39, 0.29) is 0 Å². The van der Waals surface area contributed by atoms with Crippen LogP contribution in [0.2, 0.25) is 0 Å². The first kappa shape index (κ1) is 21.9. The van der Waals surface area contributed by atoms with E-state index < -0.39 is 16.3 Å². The van der Waals surface area contributed by atoms with Crippen LogP contribution in [0.15, 0.2) is 97.1 Å². The predicted molar refractivity (Wildman–Crippen MR) is 138 cm³/mol. The fourth-order valence-corrected chi connectivity index (χ4v) is 7.73. The smallest absolute Gasteiger partial charge is 0.0976 e. The fraction of sp³-hybridized carbons (Fsp3) is 0.143. The minimum Gasteiger partial charge on any atom is -0.318 e. The third kappa shape index (κ3) is 5.50. The van der Waals surface area contributed by atoms with Gasteiger partial charge >= 0.3 is 0 Å². The largest absolute Gasteiger partial charge is 0.318 e. The molecule has 0 aliphatic carbocycles. The van der Waals surface area contributed by atoms with Gasteiger partial charge in [-0.2, -0.15) is 0 Å². The van der Waals surface area contributed by atoms with Crippen molar-refractivity contribution in [3.8, 4) is 0 Å². The van der Waals surface area contributed by atoms with Crippen LogP contribution in [0, 0.1) is 27.7 Å². The highest BCUT2D eigenvalue weighted by Gasteiger charge is 2.24. The molecule has 0 bridgehead atoms. The van der Waals surface area contributed by atoms with E-state index in [9.17, 15) is 0 Å². The Bertz CT molecular complexity index is 932. The number of hydrogen-bond acceptors (Lipinski definition) is 1. The summed E-state index contributed by atoms with van der Waals surface area (Å²) in [5, 5.41) is 4.99. The second-order valence-corrected chi connectivity index (χ2v) is 11.9. The minimum absolute atomic E-state index is 0.949. The van der Waals surface area contributed by atoms with Crippen LogP contribution in [-0.4, -0.2) is 0 Å². The van der Waals surface area contributed by atoms with Gasteiger partial charge < -0.3 is 4.31 Å². The molecule has 31 heavy (non-hydrogen) atoms. The molecule has 4 aromatic carbocycles. The summed E-state index contributed by atoms with van der Waals surface area (Å²) < 4.78 is 7.08. The topological polar surface area (TPSA) is 9.23 Å². The minimum atomic E-state index is -0.949. The molecule has 0 fully saturated rings. The van der Waals surface area contributed by atoms with E-state index in [4.69, 9.17) is 4.31 Å². The molecule has 0 atom stereocenters. The van der Waals surface area contributed by atoms with Crippen LogP contribution in [0.25, 0.3) is 0 Å². The average molecular weight is 442 g/mol. The second-order valence-electron chi connectivity index (χ2n) is 8.01. The normalized spacial score (nSPS) is 11.3. The summed E-state index contributed by atoms with van der Waals surface area (Å²) >= 11 is 0. The Morgan fingerprint density at radius 2 is 0.548 bits per heavy atom. The van der Waals surface area contributed by atoms with Gasteiger partial charge in [0, 0.05) is 21.2 Å². The maximum absolute atomic E-state index is 7.08. The lowest BCUT2D eigenvalue weighted by molar-refractivity contribution is 0.720. The molecule has 0 unspecified atom stereocenters. The summed E-state index contributed by atoms with van der Waals surface area (Å²) in [5.74, 6) is 0. The van der Waals surface area contributed by atoms with Crippen molar-refractivity contribution in [2.75, 3.05) is 0 Å². The van der Waals surface area contributed by atoms with Crippen molar-refractivity contribution in [3.05, 3.63) is 119 Å². The lowest BCUT2D eigenvalue weighted by atomic mass is 10.2. The Hall–Kier alpha value is -2.30. The maximum Gasteiger partial charge on any atom is 0.0976 e. The molecule has 4 aromatic rings. The maximum atomic E-state index is 7.08. The van der Waals surface area contributed by atoms with Crippen molar-refractivity contribution in [2.45, 2.75) is 27.7 Å². The van der Waals surface area contributed by atoms with Crippen LogP contribution in [0.4, 0.5) is 0 Å². The highest BCUT2D eigenvalue weighted by Crippen LogP contribution is 2.50. The molecule has 0 aliphatic rings. The van der Waals surface area contributed by atoms with Crippen LogP contribution in [0.1, 0.15) is 22.3 Å². The van der Waals surface area contributed by atoms with Gasteiger partial charge in [-0.15, -0.1) is 0 Å². The molecule has 0 saturated carbocycles. The molecule has 3 heteroatoms. The van der Waals surface area contributed by atoms with E-state index in [2.05, 4.69) is 125 Å². The van der Waals surface area contributed by atoms with Gasteiger partial charge in [0.25, 0.3) is 0 Å². The lowest BCUT2D eigenvalue weighted by Crippen LogP contribution is -2.18. The van der Waals surface area contributed by atoms with E-state index in [1.165, 1.54) is 43.5 Å². The van der Waals surface area contributed by atoms with Gasteiger partial charge in [0.1, 0.15) is 0 Å². The van der Waals surface area contributed by atoms with Crippen LogP contribution in [0.5, 0.6) is 0 Å². The zero-order chi connectivity index (χ0) is 21.8. The quantitative estimate of drug-likeness (QED) is 0.317. The molecule has 0 aromatic heterocycles. The molecular formula is C28H28OP2. The summed E-state index contributed by atoms with van der Waals surface area (Å²) in [6.45, 7) is 8.52. The van der Waals surface area contributed by atoms with Gasteiger partial charge in [0.2, 0.25) is 0 Å². The van der Waals surface area contributed by atoms with Gasteiger partial charge in [0.15, 0.2) is 0 Å². The van der Waals surface area contributed by atoms with Crippen molar-refractivity contribution >= 4 is 37.5 Å². The Kier molecular flexibility index (Phi) is 6.99. The average Bonchev–Trinajstić information content (AvgIpc) is 2.78. The van der Waals surface area contributed by atoms with Crippen molar-refractivity contribution < 1.29 is 4.31 Å². The first-order chi connectivity index (χ1) is 15.0. The number of hydrogen-bond donors (Lipinski definition) is 0. The zero-order valence-electron chi connectivity index (χ0n) is 18.5. The molecule has 156 valence electrons. The molecular weight excluding hydrogens is 414 g/mol. The first-order valence-electron chi connectivity index (χ1n) is 10.5. The second kappa shape index (κ2) is 9.88. The summed E-state index contributed by atoms with van der Waals surface area (Å²) in [5.41, 5.74) is 5.06. The summed E-state index contributed by atoms with van der Waals surface area (Å²) in [6, 6.07) is 35.2. The van der Waals surface area contributed by atoms with Gasteiger partial charge in [-0.1, -0.05) is 119 Å². The van der Waals surface area contributed by atoms with E-state index in [0.29, 0.717) is 0 Å². The lowest BCUT2D eigenvalue weighted by Gasteiger charge is -2.26. The Balaban J connectivity index is 1.79. The molecule has 4 rings (SSSR count). The highest BCUT2D eigenvalue weighted by molar-refractivity contribution is 7.80. The van der Waals surface area contributed by atoms with Crippen molar-refractivity contribution in [1.29, 1.82) is 0 Å². The van der Waals surface area contributed by atoms with Crippen molar-refractivity contribution in [2.24, 2.45) is 0 Å². The van der Waals surface area contributed by atoms with Crippen molar-refractivity contribution in [3.63, 3.8) is 0 Å². The summed E-state index contributed by atoms with van der Waals surface area (Å²) in [4.78, 5) is 0. The van der Waals surface area contributed by atoms with Gasteiger partial charge in [-0.25, -0.2) is 0 Å². The van der Waals surface area contributed by atoms with Gasteiger partial charge in [-0.05, 0) is 27.7 Å². The molecule has 0 spiro atoms. The fourth-order valence-electron chi connectivity index (χ4n) is 3.29. The van der Waals surface area contributed by atoms with E-state index >= 15 is 0 Å². The Labute approximate surface area is 188 Å². The van der Waals surface area contributed by atoms with Gasteiger partial charge in [-0.3, -0.25) is 0 Å². The third-order valence-electron chi connectivity index (χ3n) is 5.24. The zero-order valence-corrected chi connectivity index (χ0v) is 20.3. The van der Waals surface area contributed by atoms with E-state index in [0.717, 1.165) is 0 Å². The standard InChI is InChI=1S/C28H28OP2/c1-21-5-13-25(14-6-21)30(26-15-7-22(2)8-16-26)29-31(27-17-9-23(3)10-18-27)28-19-11-24(4)12-20-28/h5-20H,1-4H3. The molecule has 0 N–H and O–H groups in total. The molecule has 0 heterocycles.